The highest BCUT2D eigenvalue weighted by Crippen LogP contribution is 2.37. The fourth-order valence-corrected chi connectivity index (χ4v) is 11.8. The van der Waals surface area contributed by atoms with E-state index < -0.39 is 6.04 Å². The lowest BCUT2D eigenvalue weighted by atomic mass is 10.0. The number of piperidine rings is 2. The highest BCUT2D eigenvalue weighted by atomic mass is 32.2. The zero-order valence-electron chi connectivity index (χ0n) is 41.1. The van der Waals surface area contributed by atoms with Crippen molar-refractivity contribution in [2.75, 3.05) is 63.8 Å². The maximum Gasteiger partial charge on any atom is 0.255 e. The summed E-state index contributed by atoms with van der Waals surface area (Å²) in [5.41, 5.74) is 10.5. The van der Waals surface area contributed by atoms with E-state index in [1.54, 1.807) is 4.90 Å². The molecule has 3 aromatic carbocycles. The predicted molar refractivity (Wildman–Crippen MR) is 278 cm³/mol. The minimum absolute atomic E-state index is 0.00488. The van der Waals surface area contributed by atoms with Gasteiger partial charge in [-0.15, -0.1) is 11.8 Å². The molecular weight excluding hydrogens is 913 g/mol. The van der Waals surface area contributed by atoms with Crippen molar-refractivity contribution < 1.29 is 23.9 Å². The highest BCUT2D eigenvalue weighted by Gasteiger charge is 2.40. The van der Waals surface area contributed by atoms with Gasteiger partial charge in [-0.05, 0) is 111 Å². The standard InChI is InChI=1S/C55H70N10O5S/c56-52-50-51(40-23-25-43(26-24-40)70-42-18-10-9-11-19-42)60-65(53(50)58-39-57-52)41-17-15-31-63(37-41)49(67)22-16-30-62-34-32-61(33-35-62)29-12-7-5-3-1-2-4-6-8-13-36-71-47-21-14-20-44-45(47)38-64(55(44)69)46-27-28-48(66)59-54(46)68/h9-11,14,18-21,23-26,39,41,46H,1-8,12-13,15-17,22,27-38H2,(H2,56,57,58)(H,59,66,68). The van der Waals surface area contributed by atoms with E-state index >= 15 is 0 Å². The molecule has 3 N–H and O–H groups in total. The number of nitrogens with zero attached hydrogens (tertiary/aromatic N) is 8. The number of rotatable bonds is 23. The van der Waals surface area contributed by atoms with Crippen LogP contribution < -0.4 is 15.8 Å². The van der Waals surface area contributed by atoms with Gasteiger partial charge in [0.25, 0.3) is 5.91 Å². The molecule has 376 valence electrons. The van der Waals surface area contributed by atoms with Crippen molar-refractivity contribution in [3.63, 3.8) is 0 Å². The van der Waals surface area contributed by atoms with E-state index in [1.165, 1.54) is 70.7 Å². The summed E-state index contributed by atoms with van der Waals surface area (Å²) in [6, 6.07) is 22.8. The van der Waals surface area contributed by atoms with E-state index in [1.807, 2.05) is 88.1 Å². The van der Waals surface area contributed by atoms with Crippen LogP contribution in [-0.2, 0) is 20.9 Å². The smallest absolute Gasteiger partial charge is 0.255 e. The number of carbonyl (C=O) groups excluding carboxylic acids is 4. The second kappa shape index (κ2) is 24.5. The van der Waals surface area contributed by atoms with E-state index in [-0.39, 0.29) is 36.1 Å². The molecule has 5 aromatic rings. The average Bonchev–Trinajstić information content (AvgIpc) is 3.95. The average molecular weight is 983 g/mol. The number of aromatic nitrogens is 4. The third-order valence-electron chi connectivity index (χ3n) is 14.7. The number of anilines is 1. The molecule has 4 aliphatic heterocycles. The number of piperazine rings is 1. The molecule has 3 saturated heterocycles. The lowest BCUT2D eigenvalue weighted by molar-refractivity contribution is -0.137. The van der Waals surface area contributed by atoms with Crippen molar-refractivity contribution in [1.29, 1.82) is 0 Å². The van der Waals surface area contributed by atoms with Crippen LogP contribution >= 0.6 is 11.8 Å². The van der Waals surface area contributed by atoms with Crippen LogP contribution in [0, 0.1) is 0 Å². The maximum absolute atomic E-state index is 13.6. The second-order valence-corrected chi connectivity index (χ2v) is 20.8. The number of ether oxygens (including phenoxy) is 1. The Bertz CT molecular complexity index is 2600. The van der Waals surface area contributed by atoms with Crippen LogP contribution in [0.4, 0.5) is 5.82 Å². The maximum atomic E-state index is 13.6. The van der Waals surface area contributed by atoms with Crippen LogP contribution in [0.1, 0.15) is 125 Å². The number of thioether (sulfide) groups is 1. The lowest BCUT2D eigenvalue weighted by Crippen LogP contribution is -2.52. The first kappa shape index (κ1) is 50.1. The number of likely N-dealkylation sites (tertiary alicyclic amines) is 1. The van der Waals surface area contributed by atoms with Crippen molar-refractivity contribution in [2.24, 2.45) is 0 Å². The molecule has 6 heterocycles. The Balaban J connectivity index is 0.603. The number of para-hydroxylation sites is 1. The van der Waals surface area contributed by atoms with E-state index in [0.717, 1.165) is 109 Å². The number of amides is 4. The molecule has 2 unspecified atom stereocenters. The van der Waals surface area contributed by atoms with Crippen LogP contribution in [0.25, 0.3) is 22.3 Å². The fraction of sp³-hybridized carbons (Fsp3) is 0.509. The Morgan fingerprint density at radius 3 is 2.17 bits per heavy atom. The number of carbonyl (C=O) groups is 4. The molecule has 0 saturated carbocycles. The summed E-state index contributed by atoms with van der Waals surface area (Å²) in [6.07, 6.45) is 18.2. The van der Waals surface area contributed by atoms with Gasteiger partial charge >= 0.3 is 0 Å². The molecule has 4 aliphatic rings. The van der Waals surface area contributed by atoms with Gasteiger partial charge in [0.05, 0.1) is 11.4 Å². The van der Waals surface area contributed by atoms with Crippen LogP contribution in [0.2, 0.25) is 0 Å². The molecule has 71 heavy (non-hydrogen) atoms. The monoisotopic (exact) mass is 983 g/mol. The molecule has 9 rings (SSSR count). The van der Waals surface area contributed by atoms with Gasteiger partial charge in [-0.2, -0.15) is 5.10 Å². The number of nitrogen functional groups attached to an aromatic ring is 1. The summed E-state index contributed by atoms with van der Waals surface area (Å²) in [6.45, 7) is 8.30. The predicted octanol–water partition coefficient (Wildman–Crippen LogP) is 8.88. The Labute approximate surface area is 422 Å². The van der Waals surface area contributed by atoms with Crippen LogP contribution in [-0.4, -0.2) is 127 Å². The number of unbranched alkanes of at least 4 members (excludes halogenated alkanes) is 9. The molecule has 16 heteroatoms. The Kier molecular flexibility index (Phi) is 17.3. The van der Waals surface area contributed by atoms with E-state index in [0.29, 0.717) is 43.0 Å². The summed E-state index contributed by atoms with van der Waals surface area (Å²) >= 11 is 1.81. The normalized spacial score (nSPS) is 18.8. The lowest BCUT2D eigenvalue weighted by Gasteiger charge is -2.35. The van der Waals surface area contributed by atoms with Gasteiger partial charge in [0.1, 0.15) is 35.4 Å². The summed E-state index contributed by atoms with van der Waals surface area (Å²) in [5.74, 6) is 2.40. The first-order valence-corrected chi connectivity index (χ1v) is 27.2. The summed E-state index contributed by atoms with van der Waals surface area (Å²) in [7, 11) is 0. The minimum Gasteiger partial charge on any atom is -0.457 e. The molecule has 4 amide bonds. The molecule has 0 aliphatic carbocycles. The SMILES string of the molecule is Nc1ncnc2c1c(-c1ccc(Oc3ccccc3)cc1)nn2C1CCCN(C(=O)CCCN2CCN(CCCCCCCCCCCCSc3cccc4c3CN(C3CCC(=O)NC3=O)C4=O)CC2)C1. The molecular formula is C55H70N10O5S. The fourth-order valence-electron chi connectivity index (χ4n) is 10.7. The number of hydrogen-bond donors (Lipinski definition) is 2. The van der Waals surface area contributed by atoms with Crippen molar-refractivity contribution >= 4 is 52.2 Å². The van der Waals surface area contributed by atoms with Gasteiger partial charge in [-0.3, -0.25) is 24.5 Å². The third kappa shape index (κ3) is 12.8. The summed E-state index contributed by atoms with van der Waals surface area (Å²) in [5, 5.41) is 8.20. The Morgan fingerprint density at radius 1 is 0.746 bits per heavy atom. The van der Waals surface area contributed by atoms with E-state index in [9.17, 15) is 19.2 Å². The Morgan fingerprint density at radius 2 is 1.44 bits per heavy atom. The van der Waals surface area contributed by atoms with Crippen molar-refractivity contribution in [1.82, 2.24) is 44.7 Å². The molecule has 3 fully saturated rings. The Hall–Kier alpha value is -5.84. The van der Waals surface area contributed by atoms with Gasteiger partial charge in [0.15, 0.2) is 5.65 Å². The van der Waals surface area contributed by atoms with Crippen LogP contribution in [0.3, 0.4) is 0 Å². The topological polar surface area (TPSA) is 172 Å². The van der Waals surface area contributed by atoms with Crippen LogP contribution in [0.15, 0.2) is 84.0 Å². The summed E-state index contributed by atoms with van der Waals surface area (Å²) < 4.78 is 7.98. The van der Waals surface area contributed by atoms with Gasteiger partial charge in [-0.25, -0.2) is 14.6 Å². The molecule has 2 atom stereocenters. The molecule has 0 spiro atoms. The third-order valence-corrected chi connectivity index (χ3v) is 15.9. The van der Waals surface area contributed by atoms with Crippen molar-refractivity contribution in [2.45, 2.75) is 126 Å². The quantitative estimate of drug-likeness (QED) is 0.0362. The van der Waals surface area contributed by atoms with Gasteiger partial charge in [0, 0.05) is 74.7 Å². The number of imide groups is 1. The molecule has 2 aromatic heterocycles. The highest BCUT2D eigenvalue weighted by molar-refractivity contribution is 7.99. The minimum atomic E-state index is -0.575. The molecule has 0 radical (unpaired) electrons. The number of fused-ring (bicyclic) bond motifs is 2. The van der Waals surface area contributed by atoms with Gasteiger partial charge in [0.2, 0.25) is 17.7 Å². The largest absolute Gasteiger partial charge is 0.457 e. The van der Waals surface area contributed by atoms with E-state index in [2.05, 4.69) is 31.2 Å². The number of hydrogen-bond acceptors (Lipinski definition) is 12. The van der Waals surface area contributed by atoms with Crippen molar-refractivity contribution in [3.8, 4) is 22.8 Å². The van der Waals surface area contributed by atoms with Gasteiger partial charge in [-0.1, -0.05) is 75.6 Å². The first-order valence-electron chi connectivity index (χ1n) is 26.2. The molecule has 15 nitrogen and oxygen atoms in total. The molecule has 0 bridgehead atoms. The van der Waals surface area contributed by atoms with Gasteiger partial charge < -0.3 is 30.1 Å². The zero-order valence-corrected chi connectivity index (χ0v) is 42.0. The number of nitrogens with two attached hydrogens (primary N) is 1. The summed E-state index contributed by atoms with van der Waals surface area (Å²) in [4.78, 5) is 69.7. The van der Waals surface area contributed by atoms with Crippen molar-refractivity contribution in [3.05, 3.63) is 90.3 Å². The van der Waals surface area contributed by atoms with Crippen LogP contribution in [0.5, 0.6) is 11.5 Å². The number of nitrogens with one attached hydrogen (secondary N) is 1. The van der Waals surface area contributed by atoms with E-state index in [4.69, 9.17) is 15.6 Å². The second-order valence-electron chi connectivity index (χ2n) is 19.7. The zero-order chi connectivity index (χ0) is 48.9. The first-order chi connectivity index (χ1) is 34.8. The number of benzene rings is 3.